The van der Waals surface area contributed by atoms with Crippen molar-refractivity contribution in [2.75, 3.05) is 12.3 Å². The lowest BCUT2D eigenvalue weighted by molar-refractivity contribution is -0.131. The lowest BCUT2D eigenvalue weighted by Gasteiger charge is -2.21. The first-order valence-corrected chi connectivity index (χ1v) is 5.38. The summed E-state index contributed by atoms with van der Waals surface area (Å²) in [6.45, 7) is 3.06. The van der Waals surface area contributed by atoms with Crippen molar-refractivity contribution in [3.8, 4) is 0 Å². The fraction of sp³-hybridized carbons (Fsp3) is 0.667. The molecule has 2 N–H and O–H groups in total. The number of carboxylic acid groups (broad SMARTS) is 1. The van der Waals surface area contributed by atoms with Gasteiger partial charge in [0.15, 0.2) is 0 Å². The second kappa shape index (κ2) is 4.56. The van der Waals surface area contributed by atoms with Gasteiger partial charge < -0.3 is 10.4 Å². The minimum absolute atomic E-state index is 0.294. The lowest BCUT2D eigenvalue weighted by Crippen LogP contribution is -2.29. The average Bonchev–Trinajstić information content (AvgIpc) is 2.47. The highest BCUT2D eigenvalue weighted by atomic mass is 32.2. The van der Waals surface area contributed by atoms with Gasteiger partial charge in [0, 0.05) is 23.6 Å². The smallest absolute Gasteiger partial charge is 0.329 e. The minimum atomic E-state index is -0.906. The largest absolute Gasteiger partial charge is 0.478 e. The number of hydrogen-bond acceptors (Lipinski definition) is 3. The molecule has 1 heterocycles. The molecule has 0 aromatic carbocycles. The fourth-order valence-corrected chi connectivity index (χ4v) is 2.64. The van der Waals surface area contributed by atoms with Gasteiger partial charge in [0.05, 0.1) is 0 Å². The van der Waals surface area contributed by atoms with E-state index in [1.807, 2.05) is 11.8 Å². The van der Waals surface area contributed by atoms with Crippen molar-refractivity contribution < 1.29 is 9.90 Å². The quantitative estimate of drug-likeness (QED) is 0.676. The molecule has 1 rings (SSSR count). The third kappa shape index (κ3) is 3.72. The maximum Gasteiger partial charge on any atom is 0.329 e. The number of thioether (sulfide) groups is 1. The van der Waals surface area contributed by atoms with Crippen LogP contribution in [0.3, 0.4) is 0 Å². The van der Waals surface area contributed by atoms with E-state index < -0.39 is 5.97 Å². The molecular formula is C9H15NO2S. The predicted octanol–water partition coefficient (Wildman–Crippen LogP) is 1.46. The average molecular weight is 201 g/mol. The zero-order valence-electron chi connectivity index (χ0n) is 7.75. The number of carboxylic acids is 1. The van der Waals surface area contributed by atoms with Gasteiger partial charge in [-0.1, -0.05) is 0 Å². The molecule has 0 bridgehead atoms. The Bertz CT molecular complexity index is 210. The van der Waals surface area contributed by atoms with Crippen molar-refractivity contribution in [1.29, 1.82) is 0 Å². The first kappa shape index (κ1) is 10.4. The third-order valence-electron chi connectivity index (χ3n) is 2.12. The van der Waals surface area contributed by atoms with Gasteiger partial charge in [0.2, 0.25) is 0 Å². The summed E-state index contributed by atoms with van der Waals surface area (Å²) in [5.74, 6) is 0.317. The van der Waals surface area contributed by atoms with Crippen LogP contribution in [0.5, 0.6) is 0 Å². The monoisotopic (exact) mass is 201 g/mol. The Labute approximate surface area is 82.6 Å². The van der Waals surface area contributed by atoms with Gasteiger partial charge in [-0.2, -0.15) is 11.8 Å². The third-order valence-corrected chi connectivity index (χ3v) is 3.66. The van der Waals surface area contributed by atoms with Crippen LogP contribution >= 0.6 is 11.8 Å². The molecule has 0 amide bonds. The Hall–Kier alpha value is -0.640. The predicted molar refractivity (Wildman–Crippen MR) is 54.9 cm³/mol. The number of nitrogens with one attached hydrogen (secondary N) is 1. The second-order valence-electron chi connectivity index (χ2n) is 3.45. The van der Waals surface area contributed by atoms with E-state index in [1.165, 1.54) is 24.8 Å². The molecule has 0 aliphatic carbocycles. The van der Waals surface area contributed by atoms with Crippen LogP contribution < -0.4 is 5.32 Å². The molecule has 1 saturated heterocycles. The number of carbonyl (C=O) groups is 1. The van der Waals surface area contributed by atoms with Crippen LogP contribution in [-0.2, 0) is 4.79 Å². The molecule has 13 heavy (non-hydrogen) atoms. The van der Waals surface area contributed by atoms with Gasteiger partial charge in [-0.05, 0) is 25.5 Å². The Morgan fingerprint density at radius 2 is 2.54 bits per heavy atom. The van der Waals surface area contributed by atoms with Crippen molar-refractivity contribution in [1.82, 2.24) is 5.32 Å². The molecule has 1 atom stereocenters. The number of rotatable bonds is 4. The molecule has 1 unspecified atom stereocenters. The van der Waals surface area contributed by atoms with E-state index in [0.717, 1.165) is 12.6 Å². The SMILES string of the molecule is CC1(CN/C=C/C(=O)O)CCCS1. The van der Waals surface area contributed by atoms with Gasteiger partial charge in [-0.15, -0.1) is 0 Å². The second-order valence-corrected chi connectivity index (χ2v) is 5.14. The van der Waals surface area contributed by atoms with Gasteiger partial charge in [0.1, 0.15) is 0 Å². The molecule has 1 aliphatic heterocycles. The van der Waals surface area contributed by atoms with E-state index in [4.69, 9.17) is 5.11 Å². The van der Waals surface area contributed by atoms with E-state index in [2.05, 4.69) is 12.2 Å². The summed E-state index contributed by atoms with van der Waals surface area (Å²) in [7, 11) is 0. The Morgan fingerprint density at radius 1 is 1.77 bits per heavy atom. The molecule has 3 nitrogen and oxygen atoms in total. The van der Waals surface area contributed by atoms with Crippen LogP contribution in [0, 0.1) is 0 Å². The number of aliphatic carboxylic acids is 1. The molecule has 0 saturated carbocycles. The molecule has 74 valence electrons. The van der Waals surface area contributed by atoms with Crippen LogP contribution in [0.1, 0.15) is 19.8 Å². The van der Waals surface area contributed by atoms with Gasteiger partial charge in [-0.3, -0.25) is 0 Å². The summed E-state index contributed by atoms with van der Waals surface area (Å²) < 4.78 is 0.294. The maximum absolute atomic E-state index is 10.1. The normalized spacial score (nSPS) is 28.1. The van der Waals surface area contributed by atoms with Crippen LogP contribution in [0.2, 0.25) is 0 Å². The zero-order chi connectivity index (χ0) is 9.73. The topological polar surface area (TPSA) is 49.3 Å². The summed E-state index contributed by atoms with van der Waals surface area (Å²) in [5, 5.41) is 11.4. The van der Waals surface area contributed by atoms with E-state index in [9.17, 15) is 4.79 Å². The molecule has 0 spiro atoms. The summed E-state index contributed by atoms with van der Waals surface area (Å²) in [4.78, 5) is 10.1. The van der Waals surface area contributed by atoms with Gasteiger partial charge >= 0.3 is 5.97 Å². The van der Waals surface area contributed by atoms with Crippen molar-refractivity contribution >= 4 is 17.7 Å². The van der Waals surface area contributed by atoms with E-state index in [-0.39, 0.29) is 0 Å². The first-order valence-electron chi connectivity index (χ1n) is 4.39. The fourth-order valence-electron chi connectivity index (χ4n) is 1.38. The summed E-state index contributed by atoms with van der Waals surface area (Å²) in [6.07, 6.45) is 5.12. The van der Waals surface area contributed by atoms with Crippen molar-refractivity contribution in [2.24, 2.45) is 0 Å². The summed E-state index contributed by atoms with van der Waals surface area (Å²) in [5.41, 5.74) is 0. The van der Waals surface area contributed by atoms with E-state index in [1.54, 1.807) is 0 Å². The molecular weight excluding hydrogens is 186 g/mol. The molecule has 0 aromatic rings. The van der Waals surface area contributed by atoms with Crippen molar-refractivity contribution in [3.05, 3.63) is 12.3 Å². The highest BCUT2D eigenvalue weighted by Gasteiger charge is 2.28. The molecule has 1 aliphatic rings. The zero-order valence-corrected chi connectivity index (χ0v) is 8.56. The van der Waals surface area contributed by atoms with Crippen LogP contribution in [0.15, 0.2) is 12.3 Å². The van der Waals surface area contributed by atoms with E-state index in [0.29, 0.717) is 4.75 Å². The Morgan fingerprint density at radius 3 is 3.08 bits per heavy atom. The van der Waals surface area contributed by atoms with Crippen LogP contribution in [-0.4, -0.2) is 28.1 Å². The highest BCUT2D eigenvalue weighted by Crippen LogP contribution is 2.36. The summed E-state index contributed by atoms with van der Waals surface area (Å²) >= 11 is 1.96. The standard InChI is InChI=1S/C9H15NO2S/c1-9(4-2-6-13-9)7-10-5-3-8(11)12/h3,5,10H,2,4,6-7H2,1H3,(H,11,12)/b5-3+. The summed E-state index contributed by atoms with van der Waals surface area (Å²) in [6, 6.07) is 0. The number of hydrogen-bond donors (Lipinski definition) is 2. The first-order chi connectivity index (χ1) is 6.12. The maximum atomic E-state index is 10.1. The van der Waals surface area contributed by atoms with E-state index >= 15 is 0 Å². The lowest BCUT2D eigenvalue weighted by atomic mass is 10.1. The Kier molecular flexibility index (Phi) is 3.66. The highest BCUT2D eigenvalue weighted by molar-refractivity contribution is 8.00. The van der Waals surface area contributed by atoms with Crippen molar-refractivity contribution in [3.63, 3.8) is 0 Å². The molecule has 0 radical (unpaired) electrons. The van der Waals surface area contributed by atoms with Gasteiger partial charge in [-0.25, -0.2) is 4.79 Å². The van der Waals surface area contributed by atoms with Crippen LogP contribution in [0.4, 0.5) is 0 Å². The Balaban J connectivity index is 2.21. The minimum Gasteiger partial charge on any atom is -0.478 e. The van der Waals surface area contributed by atoms with Gasteiger partial charge in [0.25, 0.3) is 0 Å². The molecule has 0 aromatic heterocycles. The molecule has 4 heteroatoms. The van der Waals surface area contributed by atoms with Crippen molar-refractivity contribution in [2.45, 2.75) is 24.5 Å². The molecule has 1 fully saturated rings. The van der Waals surface area contributed by atoms with Crippen LogP contribution in [0.25, 0.3) is 0 Å².